The van der Waals surface area contributed by atoms with Crippen molar-refractivity contribution in [1.82, 2.24) is 19.9 Å². The predicted molar refractivity (Wildman–Crippen MR) is 106 cm³/mol. The van der Waals surface area contributed by atoms with Crippen LogP contribution >= 0.6 is 0 Å². The molecule has 142 valence electrons. The Morgan fingerprint density at radius 2 is 1.48 bits per heavy atom. The topological polar surface area (TPSA) is 58.0 Å². The van der Waals surface area contributed by atoms with E-state index in [1.54, 1.807) is 6.33 Å². The summed E-state index contributed by atoms with van der Waals surface area (Å²) < 4.78 is 0. The van der Waals surface area contributed by atoms with Gasteiger partial charge in [-0.15, -0.1) is 0 Å². The van der Waals surface area contributed by atoms with Crippen LogP contribution in [-0.2, 0) is 5.41 Å². The minimum absolute atomic E-state index is 0.0497. The Hall–Kier alpha value is -2.24. The van der Waals surface area contributed by atoms with Gasteiger partial charge in [0.15, 0.2) is 0 Å². The lowest BCUT2D eigenvalue weighted by atomic mass is 9.92. The number of fused-ring (bicyclic) bond motifs is 1. The summed E-state index contributed by atoms with van der Waals surface area (Å²) in [7, 11) is 0. The summed E-state index contributed by atoms with van der Waals surface area (Å²) in [5, 5.41) is 0. The SMILES string of the molecule is CC(C)(C)c1cc(N2CC3CN(c4ncc(C5CC5)cn4)CC3C2)ncn1. The number of anilines is 2. The van der Waals surface area contributed by atoms with Crippen LogP contribution in [0, 0.1) is 11.8 Å². The van der Waals surface area contributed by atoms with Gasteiger partial charge in [0.1, 0.15) is 12.1 Å². The summed E-state index contributed by atoms with van der Waals surface area (Å²) in [6, 6.07) is 2.17. The lowest BCUT2D eigenvalue weighted by Gasteiger charge is -2.24. The summed E-state index contributed by atoms with van der Waals surface area (Å²) in [5.74, 6) is 4.00. The Morgan fingerprint density at radius 3 is 2.07 bits per heavy atom. The van der Waals surface area contributed by atoms with Gasteiger partial charge in [-0.1, -0.05) is 20.8 Å². The van der Waals surface area contributed by atoms with Crippen LogP contribution in [0.25, 0.3) is 0 Å². The van der Waals surface area contributed by atoms with Gasteiger partial charge in [-0.05, 0) is 24.3 Å². The van der Waals surface area contributed by atoms with E-state index in [1.807, 2.05) is 12.4 Å². The molecule has 2 aromatic rings. The molecule has 2 saturated heterocycles. The predicted octanol–water partition coefficient (Wildman–Crippen LogP) is 3.01. The van der Waals surface area contributed by atoms with Crippen molar-refractivity contribution in [2.24, 2.45) is 11.8 Å². The lowest BCUT2D eigenvalue weighted by Crippen LogP contribution is -2.30. The Balaban J connectivity index is 1.25. The molecule has 3 fully saturated rings. The largest absolute Gasteiger partial charge is 0.356 e. The third-order valence-electron chi connectivity index (χ3n) is 6.22. The molecule has 1 aliphatic carbocycles. The van der Waals surface area contributed by atoms with Gasteiger partial charge in [0.05, 0.1) is 5.69 Å². The number of hydrogen-bond donors (Lipinski definition) is 0. The van der Waals surface area contributed by atoms with Crippen molar-refractivity contribution < 1.29 is 0 Å². The van der Waals surface area contributed by atoms with Crippen molar-refractivity contribution >= 4 is 11.8 Å². The summed E-state index contributed by atoms with van der Waals surface area (Å²) in [5.41, 5.74) is 2.46. The average Bonchev–Trinajstić information content (AvgIpc) is 3.31. The van der Waals surface area contributed by atoms with Crippen LogP contribution in [0.4, 0.5) is 11.8 Å². The van der Waals surface area contributed by atoms with Gasteiger partial charge in [-0.3, -0.25) is 0 Å². The second-order valence-electron chi connectivity index (χ2n) is 9.43. The van der Waals surface area contributed by atoms with E-state index in [0.717, 1.165) is 49.6 Å². The van der Waals surface area contributed by atoms with Crippen LogP contribution in [-0.4, -0.2) is 46.1 Å². The molecule has 1 saturated carbocycles. The molecule has 27 heavy (non-hydrogen) atoms. The van der Waals surface area contributed by atoms with E-state index in [2.05, 4.69) is 56.6 Å². The fourth-order valence-corrected chi connectivity index (χ4v) is 4.40. The zero-order valence-electron chi connectivity index (χ0n) is 16.5. The van der Waals surface area contributed by atoms with Crippen LogP contribution in [0.3, 0.4) is 0 Å². The first-order valence-corrected chi connectivity index (χ1v) is 10.1. The van der Waals surface area contributed by atoms with E-state index in [9.17, 15) is 0 Å². The molecule has 0 radical (unpaired) electrons. The maximum Gasteiger partial charge on any atom is 0.225 e. The molecule has 5 rings (SSSR count). The molecular weight excluding hydrogens is 336 g/mol. The standard InChI is InChI=1S/C21H28N6/c1-21(2,3)18-6-19(25-13-24-18)26-9-16-11-27(12-17(16)10-26)20-22-7-15(8-23-20)14-4-5-14/h6-8,13-14,16-17H,4-5,9-12H2,1-3H3. The number of aromatic nitrogens is 4. The van der Waals surface area contributed by atoms with E-state index < -0.39 is 0 Å². The van der Waals surface area contributed by atoms with Crippen LogP contribution in [0.5, 0.6) is 0 Å². The molecule has 4 heterocycles. The van der Waals surface area contributed by atoms with Gasteiger partial charge in [0, 0.05) is 61.9 Å². The number of rotatable bonds is 3. The van der Waals surface area contributed by atoms with Crippen molar-refractivity contribution in [3.05, 3.63) is 36.0 Å². The molecule has 2 aromatic heterocycles. The van der Waals surface area contributed by atoms with Gasteiger partial charge < -0.3 is 9.80 Å². The normalized spacial score (nSPS) is 25.1. The summed E-state index contributed by atoms with van der Waals surface area (Å²) in [6.07, 6.45) is 8.38. The first-order chi connectivity index (χ1) is 13.0. The van der Waals surface area contributed by atoms with Crippen LogP contribution in [0.1, 0.15) is 50.8 Å². The fourth-order valence-electron chi connectivity index (χ4n) is 4.40. The molecule has 6 nitrogen and oxygen atoms in total. The molecule has 3 aliphatic rings. The first kappa shape index (κ1) is 16.9. The van der Waals surface area contributed by atoms with Gasteiger partial charge in [-0.2, -0.15) is 0 Å². The maximum absolute atomic E-state index is 4.65. The van der Waals surface area contributed by atoms with Gasteiger partial charge >= 0.3 is 0 Å². The molecule has 0 N–H and O–H groups in total. The summed E-state index contributed by atoms with van der Waals surface area (Å²) >= 11 is 0. The Morgan fingerprint density at radius 1 is 0.852 bits per heavy atom. The van der Waals surface area contributed by atoms with Crippen molar-refractivity contribution in [2.75, 3.05) is 36.0 Å². The molecule has 6 heteroatoms. The Bertz CT molecular complexity index is 809. The molecule has 0 spiro atoms. The average molecular weight is 364 g/mol. The smallest absolute Gasteiger partial charge is 0.225 e. The number of nitrogens with zero attached hydrogens (tertiary/aromatic N) is 6. The highest BCUT2D eigenvalue weighted by atomic mass is 15.3. The molecule has 0 amide bonds. The van der Waals surface area contributed by atoms with Crippen LogP contribution in [0.15, 0.2) is 24.8 Å². The van der Waals surface area contributed by atoms with Gasteiger partial charge in [0.25, 0.3) is 0 Å². The summed E-state index contributed by atoms with van der Waals surface area (Å²) in [6.45, 7) is 10.8. The quantitative estimate of drug-likeness (QED) is 0.834. The second kappa shape index (κ2) is 6.14. The lowest BCUT2D eigenvalue weighted by molar-refractivity contribution is 0.533. The second-order valence-corrected chi connectivity index (χ2v) is 9.43. The van der Waals surface area contributed by atoms with E-state index >= 15 is 0 Å². The highest BCUT2D eigenvalue weighted by Gasteiger charge is 2.41. The van der Waals surface area contributed by atoms with E-state index in [4.69, 9.17) is 0 Å². The molecule has 0 aromatic carbocycles. The van der Waals surface area contributed by atoms with Gasteiger partial charge in [0.2, 0.25) is 5.95 Å². The molecule has 2 unspecified atom stereocenters. The van der Waals surface area contributed by atoms with E-state index in [1.165, 1.54) is 18.4 Å². The van der Waals surface area contributed by atoms with E-state index in [-0.39, 0.29) is 5.41 Å². The van der Waals surface area contributed by atoms with Crippen molar-refractivity contribution in [3.8, 4) is 0 Å². The van der Waals surface area contributed by atoms with Gasteiger partial charge in [-0.25, -0.2) is 19.9 Å². The summed E-state index contributed by atoms with van der Waals surface area (Å²) in [4.78, 5) is 23.1. The highest BCUT2D eigenvalue weighted by molar-refractivity contribution is 5.44. The number of hydrogen-bond acceptors (Lipinski definition) is 6. The maximum atomic E-state index is 4.65. The van der Waals surface area contributed by atoms with Crippen LogP contribution < -0.4 is 9.80 Å². The third kappa shape index (κ3) is 3.26. The minimum atomic E-state index is 0.0497. The molecule has 2 atom stereocenters. The van der Waals surface area contributed by atoms with Crippen molar-refractivity contribution in [2.45, 2.75) is 44.9 Å². The third-order valence-corrected chi connectivity index (χ3v) is 6.22. The highest BCUT2D eigenvalue weighted by Crippen LogP contribution is 2.40. The fraction of sp³-hybridized carbons (Fsp3) is 0.619. The molecular formula is C21H28N6. The van der Waals surface area contributed by atoms with Crippen LogP contribution in [0.2, 0.25) is 0 Å². The Labute approximate surface area is 161 Å². The Kier molecular flexibility index (Phi) is 3.85. The van der Waals surface area contributed by atoms with Crippen molar-refractivity contribution in [3.63, 3.8) is 0 Å². The van der Waals surface area contributed by atoms with Crippen molar-refractivity contribution in [1.29, 1.82) is 0 Å². The monoisotopic (exact) mass is 364 g/mol. The first-order valence-electron chi connectivity index (χ1n) is 10.1. The van der Waals surface area contributed by atoms with E-state index in [0.29, 0.717) is 11.8 Å². The zero-order valence-corrected chi connectivity index (χ0v) is 16.5. The minimum Gasteiger partial charge on any atom is -0.356 e. The molecule has 2 aliphatic heterocycles. The zero-order chi connectivity index (χ0) is 18.6. The molecule has 0 bridgehead atoms.